The van der Waals surface area contributed by atoms with Crippen molar-refractivity contribution in [1.29, 1.82) is 0 Å². The fraction of sp³-hybridized carbons (Fsp3) is 0.877. The van der Waals surface area contributed by atoms with E-state index in [4.69, 9.17) is 61.9 Å². The fourth-order valence-electron chi connectivity index (χ4n) is 9.97. The van der Waals surface area contributed by atoms with Crippen LogP contribution in [0.5, 0.6) is 0 Å². The number of rotatable bonds is 75. The van der Waals surface area contributed by atoms with Gasteiger partial charge in [0.1, 0.15) is 17.9 Å². The summed E-state index contributed by atoms with van der Waals surface area (Å²) in [6, 6.07) is -2.02. The maximum atomic E-state index is 13.5. The van der Waals surface area contributed by atoms with Crippen LogP contribution in [-0.4, -0.2) is 250 Å². The Labute approximate surface area is 603 Å². The highest BCUT2D eigenvalue weighted by atomic mass is 16.6. The number of aryl methyl sites for hydroxylation is 2. The third kappa shape index (κ3) is 64.5. The first-order valence-electron chi connectivity index (χ1n) is 37.7. The first-order chi connectivity index (χ1) is 48.8. The van der Waals surface area contributed by atoms with Crippen molar-refractivity contribution in [2.24, 2.45) is 10.8 Å². The Bertz CT molecular complexity index is 2200. The summed E-state index contributed by atoms with van der Waals surface area (Å²) >= 11 is 0. The van der Waals surface area contributed by atoms with Gasteiger partial charge in [-0.15, -0.1) is 5.10 Å². The van der Waals surface area contributed by atoms with Gasteiger partial charge in [0.2, 0.25) is 23.6 Å². The largest absolute Gasteiger partial charge is 0.481 e. The Morgan fingerprint density at radius 2 is 0.792 bits per heavy atom. The van der Waals surface area contributed by atoms with Crippen molar-refractivity contribution in [2.75, 3.05) is 172 Å². The third-order valence-electron chi connectivity index (χ3n) is 15.9. The minimum Gasteiger partial charge on any atom is -0.481 e. The molecule has 101 heavy (non-hydrogen) atoms. The molecular formula is C73H135N7O21. The smallest absolute Gasteiger partial charge is 0.326 e. The molecule has 0 aliphatic heterocycles. The van der Waals surface area contributed by atoms with Crippen molar-refractivity contribution < 1.29 is 101 Å². The van der Waals surface area contributed by atoms with Crippen molar-refractivity contribution in [3.8, 4) is 0 Å². The number of amides is 4. The highest BCUT2D eigenvalue weighted by Crippen LogP contribution is 2.22. The number of nitrogens with zero attached hydrogens (tertiary/aromatic N) is 3. The fourth-order valence-corrected chi connectivity index (χ4v) is 9.97. The summed E-state index contributed by atoms with van der Waals surface area (Å²) < 4.78 is 68.3. The Hall–Kier alpha value is -4.85. The van der Waals surface area contributed by atoms with Crippen LogP contribution in [0.3, 0.4) is 0 Å². The lowest BCUT2D eigenvalue weighted by molar-refractivity contribution is -0.142. The zero-order valence-electron chi connectivity index (χ0n) is 62.9. The predicted molar refractivity (Wildman–Crippen MR) is 383 cm³/mol. The second-order valence-electron chi connectivity index (χ2n) is 27.4. The number of ketones is 1. The summed E-state index contributed by atoms with van der Waals surface area (Å²) in [7, 11) is 0. The molecule has 0 aliphatic carbocycles. The quantitative estimate of drug-likeness (QED) is 0.0335. The number of hydrogen-bond acceptors (Lipinski definition) is 21. The molecule has 28 nitrogen and oxygen atoms in total. The monoisotopic (exact) mass is 1450 g/mol. The summed E-state index contributed by atoms with van der Waals surface area (Å²) in [4.78, 5) is 86.5. The number of aromatic nitrogens is 3. The Morgan fingerprint density at radius 1 is 0.396 bits per heavy atom. The van der Waals surface area contributed by atoms with E-state index in [1.807, 2.05) is 27.0 Å². The topological polar surface area (TPSA) is 350 Å². The molecule has 0 saturated carbocycles. The zero-order valence-corrected chi connectivity index (χ0v) is 62.9. The molecule has 0 unspecified atom stereocenters. The number of unbranched alkanes of at least 4 members (excludes halogenated alkanes) is 15. The van der Waals surface area contributed by atoms with E-state index < -0.39 is 24.0 Å². The number of ether oxygens (including phenoxy) is 12. The highest BCUT2D eigenvalue weighted by Gasteiger charge is 2.24. The number of carbonyl (C=O) groups is 7. The van der Waals surface area contributed by atoms with Crippen LogP contribution in [-0.2, 0) is 103 Å². The van der Waals surface area contributed by atoms with Gasteiger partial charge in [-0.2, -0.15) is 0 Å². The van der Waals surface area contributed by atoms with E-state index >= 15 is 0 Å². The van der Waals surface area contributed by atoms with Crippen molar-refractivity contribution in [3.05, 3.63) is 11.9 Å². The number of carboxylic acids is 2. The minimum absolute atomic E-state index is 0.0542. The van der Waals surface area contributed by atoms with Crippen LogP contribution in [0, 0.1) is 10.8 Å². The van der Waals surface area contributed by atoms with Crippen LogP contribution < -0.4 is 21.3 Å². The van der Waals surface area contributed by atoms with Crippen LogP contribution in [0.25, 0.3) is 0 Å². The number of hydrogen-bond donors (Lipinski definition) is 6. The van der Waals surface area contributed by atoms with E-state index in [1.54, 1.807) is 4.68 Å². The third-order valence-corrected chi connectivity index (χ3v) is 15.9. The van der Waals surface area contributed by atoms with Gasteiger partial charge in [0.05, 0.1) is 164 Å². The van der Waals surface area contributed by atoms with Gasteiger partial charge in [0.25, 0.3) is 0 Å². The molecule has 0 aromatic carbocycles. The Morgan fingerprint density at radius 3 is 1.21 bits per heavy atom. The molecular weight excluding hydrogens is 1310 g/mol. The van der Waals surface area contributed by atoms with E-state index in [-0.39, 0.29) is 92.0 Å². The van der Waals surface area contributed by atoms with Gasteiger partial charge >= 0.3 is 11.9 Å². The van der Waals surface area contributed by atoms with Gasteiger partial charge in [0.15, 0.2) is 0 Å². The van der Waals surface area contributed by atoms with Crippen molar-refractivity contribution in [3.63, 3.8) is 0 Å². The summed E-state index contributed by atoms with van der Waals surface area (Å²) in [6.07, 6.45) is 22.4. The van der Waals surface area contributed by atoms with Crippen LogP contribution in [0.15, 0.2) is 6.20 Å². The van der Waals surface area contributed by atoms with Gasteiger partial charge in [-0.3, -0.25) is 33.4 Å². The molecule has 0 spiro atoms. The van der Waals surface area contributed by atoms with E-state index in [2.05, 4.69) is 52.4 Å². The summed E-state index contributed by atoms with van der Waals surface area (Å²) in [5.74, 6) is -3.10. The molecule has 1 rings (SSSR count). The van der Waals surface area contributed by atoms with Gasteiger partial charge in [0, 0.05) is 69.8 Å². The molecule has 1 aromatic heterocycles. The zero-order chi connectivity index (χ0) is 74.0. The number of nitrogens with one attached hydrogen (secondary N) is 4. The van der Waals surface area contributed by atoms with Crippen LogP contribution in [0.2, 0.25) is 0 Å². The number of aliphatic carboxylic acids is 2. The van der Waals surface area contributed by atoms with Crippen LogP contribution in [0.4, 0.5) is 0 Å². The van der Waals surface area contributed by atoms with Gasteiger partial charge in [-0.1, -0.05) is 130 Å². The molecule has 0 bridgehead atoms. The highest BCUT2D eigenvalue weighted by molar-refractivity contribution is 5.88. The molecule has 0 fully saturated rings. The van der Waals surface area contributed by atoms with E-state index in [0.29, 0.717) is 196 Å². The number of carboxylic acid groups (broad SMARTS) is 2. The standard InChI is InChI=1S/C73H135N7O21/c1-72(2,3)33-22-24-36-80-61-62(78-79-80)28-30-68(84)76-63(25-21-23-34-74-66(82)31-29-64(71(88)89)77-67(83)26-19-17-15-13-11-9-7-8-10-12-14-16-18-20-27-69(85)86)70(87)75-35-38-91-40-42-93-44-46-95-48-50-97-52-54-99-56-58-101-60-59-100-57-55-98-53-51-96-49-47-94-45-43-92-41-39-90-37-32-65(81)73(4,5)6/h61,63-64H,7-60H2,1-6H3,(H,74,82)(H,75,87)(H,76,84)(H,77,83)(H,85,86)(H,88,89)/t63-,64-/m0/s1. The SMILES string of the molecule is CC(C)(C)CCCCn1cc(CCC(=O)N[C@@H](CCCCNC(=O)CC[C@H](NC(=O)CCCCCCCCCCCCCCCCC(=O)O)C(=O)O)C(=O)NCCOCCOCCOCCOCCOCCOCCOCCOCCOCCOCCOCCOCCC(=O)C(C)(C)C)nn1. The molecule has 4 amide bonds. The van der Waals surface area contributed by atoms with Crippen LogP contribution >= 0.6 is 0 Å². The molecule has 588 valence electrons. The first kappa shape index (κ1) is 94.2. The lowest BCUT2D eigenvalue weighted by atomic mass is 9.89. The average Bonchev–Trinajstić information content (AvgIpc) is 1.83. The maximum absolute atomic E-state index is 13.5. The summed E-state index contributed by atoms with van der Waals surface area (Å²) in [5, 5.41) is 38.1. The van der Waals surface area contributed by atoms with Crippen molar-refractivity contribution in [2.45, 2.75) is 234 Å². The van der Waals surface area contributed by atoms with Gasteiger partial charge in [-0.25, -0.2) is 4.79 Å². The second kappa shape index (κ2) is 65.9. The molecule has 6 N–H and O–H groups in total. The second-order valence-corrected chi connectivity index (χ2v) is 27.4. The molecule has 0 radical (unpaired) electrons. The average molecular weight is 1450 g/mol. The Balaban J connectivity index is 2.19. The Kier molecular flexibility index (Phi) is 61.4. The lowest BCUT2D eigenvalue weighted by Gasteiger charge is -2.19. The summed E-state index contributed by atoms with van der Waals surface area (Å²) in [5.41, 5.74) is 0.617. The van der Waals surface area contributed by atoms with Gasteiger partial charge < -0.3 is 88.3 Å². The first-order valence-corrected chi connectivity index (χ1v) is 37.7. The maximum Gasteiger partial charge on any atom is 0.326 e. The van der Waals surface area contributed by atoms with E-state index in [0.717, 1.165) is 77.2 Å². The number of Topliss-reactive ketones (excluding diaryl/α,β-unsaturated/α-hetero) is 1. The summed E-state index contributed by atoms with van der Waals surface area (Å²) in [6.45, 7) is 23.7. The van der Waals surface area contributed by atoms with Crippen molar-refractivity contribution in [1.82, 2.24) is 36.3 Å². The predicted octanol–water partition coefficient (Wildman–Crippen LogP) is 8.19. The van der Waals surface area contributed by atoms with E-state index in [1.165, 1.54) is 32.1 Å². The molecule has 0 saturated heterocycles. The molecule has 28 heteroatoms. The van der Waals surface area contributed by atoms with Crippen molar-refractivity contribution >= 4 is 41.4 Å². The van der Waals surface area contributed by atoms with Crippen LogP contribution in [0.1, 0.15) is 214 Å². The number of carbonyl (C=O) groups excluding carboxylic acids is 5. The molecule has 2 atom stereocenters. The van der Waals surface area contributed by atoms with E-state index in [9.17, 15) is 38.7 Å². The van der Waals surface area contributed by atoms with Gasteiger partial charge in [-0.05, 0) is 56.8 Å². The molecule has 1 aromatic rings. The lowest BCUT2D eigenvalue weighted by Crippen LogP contribution is -2.47. The molecule has 0 aliphatic rings. The minimum atomic E-state index is -1.20. The molecule has 1 heterocycles. The normalized spacial score (nSPS) is 12.4.